The van der Waals surface area contributed by atoms with E-state index < -0.39 is 5.97 Å². The number of benzene rings is 1. The molecule has 0 fully saturated rings. The largest absolute Gasteiger partial charge is 0.465 e. The van der Waals surface area contributed by atoms with Crippen LogP contribution in [0.25, 0.3) is 0 Å². The van der Waals surface area contributed by atoms with Crippen molar-refractivity contribution in [2.75, 3.05) is 7.11 Å². The third-order valence-electron chi connectivity index (χ3n) is 1.51. The molecule has 0 heterocycles. The molecular weight excluding hydrogens is 156 g/mol. The van der Waals surface area contributed by atoms with Crippen LogP contribution in [0.5, 0.6) is 0 Å². The van der Waals surface area contributed by atoms with Crippen LogP contribution in [0.4, 0.5) is 0 Å². The van der Waals surface area contributed by atoms with E-state index in [9.17, 15) is 9.90 Å². The molecule has 1 aromatic carbocycles. The van der Waals surface area contributed by atoms with Crippen molar-refractivity contribution >= 4 is 5.97 Å². The molecule has 0 atom stereocenters. The summed E-state index contributed by atoms with van der Waals surface area (Å²) in [6.07, 6.45) is 0. The molecule has 0 aliphatic rings. The monoisotopic (exact) mass is 165 g/mol. The first-order valence-electron chi connectivity index (χ1n) is 3.53. The van der Waals surface area contributed by atoms with E-state index in [1.54, 1.807) is 24.3 Å². The van der Waals surface area contributed by atoms with Gasteiger partial charge in [0.25, 0.3) is 0 Å². The molecule has 0 aliphatic carbocycles. The van der Waals surface area contributed by atoms with Crippen molar-refractivity contribution in [2.24, 2.45) is 0 Å². The minimum atomic E-state index is -0.412. The number of rotatable bonds is 2. The Balaban J connectivity index is 2.93. The Morgan fingerprint density at radius 3 is 2.83 bits per heavy atom. The van der Waals surface area contributed by atoms with Crippen molar-refractivity contribution in [3.05, 3.63) is 35.4 Å². The molecule has 1 aromatic rings. The van der Waals surface area contributed by atoms with E-state index in [1.165, 1.54) is 7.11 Å². The van der Waals surface area contributed by atoms with Gasteiger partial charge in [0.2, 0.25) is 0 Å². The van der Waals surface area contributed by atoms with Crippen LogP contribution < -0.4 is 0 Å². The molecule has 0 amide bonds. The van der Waals surface area contributed by atoms with Gasteiger partial charge in [0.15, 0.2) is 0 Å². The molecule has 0 aliphatic heterocycles. The third-order valence-corrected chi connectivity index (χ3v) is 1.51. The fourth-order valence-electron chi connectivity index (χ4n) is 0.906. The van der Waals surface area contributed by atoms with Gasteiger partial charge in [-0.15, -0.1) is 0 Å². The molecule has 0 N–H and O–H groups in total. The number of methoxy groups -OCH3 is 1. The van der Waals surface area contributed by atoms with Gasteiger partial charge in [0.05, 0.1) is 12.7 Å². The average molecular weight is 165 g/mol. The highest BCUT2D eigenvalue weighted by molar-refractivity contribution is 5.89. The minimum Gasteiger partial charge on any atom is -0.465 e. The number of esters is 1. The lowest BCUT2D eigenvalue weighted by atomic mass is 10.1. The van der Waals surface area contributed by atoms with Crippen LogP contribution >= 0.6 is 0 Å². The Morgan fingerprint density at radius 1 is 1.50 bits per heavy atom. The van der Waals surface area contributed by atoms with Gasteiger partial charge >= 0.3 is 5.97 Å². The molecule has 1 radical (unpaired) electrons. The maximum atomic E-state index is 11.0. The molecule has 63 valence electrons. The quantitative estimate of drug-likeness (QED) is 0.622. The smallest absolute Gasteiger partial charge is 0.337 e. The van der Waals surface area contributed by atoms with Crippen LogP contribution in [0.15, 0.2) is 24.3 Å². The Morgan fingerprint density at radius 2 is 2.25 bits per heavy atom. The Hall–Kier alpha value is -1.35. The van der Waals surface area contributed by atoms with E-state index in [0.717, 1.165) is 0 Å². The lowest BCUT2D eigenvalue weighted by Crippen LogP contribution is -2.01. The molecule has 0 spiro atoms. The number of hydrogen-bond acceptors (Lipinski definition) is 2. The van der Waals surface area contributed by atoms with E-state index in [2.05, 4.69) is 4.74 Å². The van der Waals surface area contributed by atoms with Gasteiger partial charge in [-0.2, -0.15) is 0 Å². The van der Waals surface area contributed by atoms with E-state index in [0.29, 0.717) is 11.1 Å². The molecule has 0 bridgehead atoms. The van der Waals surface area contributed by atoms with Crippen molar-refractivity contribution in [1.29, 1.82) is 0 Å². The highest BCUT2D eigenvalue weighted by atomic mass is 16.5. The Bertz CT molecular complexity index is 281. The van der Waals surface area contributed by atoms with Crippen molar-refractivity contribution < 1.29 is 14.6 Å². The fourth-order valence-corrected chi connectivity index (χ4v) is 0.906. The van der Waals surface area contributed by atoms with Crippen LogP contribution in [0, 0.1) is 0 Å². The van der Waals surface area contributed by atoms with Crippen molar-refractivity contribution in [3.8, 4) is 0 Å². The lowest BCUT2D eigenvalue weighted by molar-refractivity contribution is 0.0600. The summed E-state index contributed by atoms with van der Waals surface area (Å²) in [5.74, 6) is -0.412. The molecule has 0 saturated carbocycles. The van der Waals surface area contributed by atoms with E-state index in [-0.39, 0.29) is 6.61 Å². The highest BCUT2D eigenvalue weighted by Crippen LogP contribution is 2.06. The summed E-state index contributed by atoms with van der Waals surface area (Å²) in [5.41, 5.74) is 1.02. The molecule has 12 heavy (non-hydrogen) atoms. The van der Waals surface area contributed by atoms with Gasteiger partial charge < -0.3 is 4.74 Å². The van der Waals surface area contributed by atoms with Crippen molar-refractivity contribution in [3.63, 3.8) is 0 Å². The molecule has 0 aromatic heterocycles. The number of ether oxygens (including phenoxy) is 1. The number of hydrogen-bond donors (Lipinski definition) is 0. The zero-order chi connectivity index (χ0) is 8.97. The van der Waals surface area contributed by atoms with Gasteiger partial charge in [-0.1, -0.05) is 12.1 Å². The van der Waals surface area contributed by atoms with Crippen LogP contribution in [-0.4, -0.2) is 13.1 Å². The Kier molecular flexibility index (Phi) is 2.82. The predicted octanol–water partition coefficient (Wildman–Crippen LogP) is 1.40. The van der Waals surface area contributed by atoms with E-state index in [1.807, 2.05) is 0 Å². The number of carbonyl (C=O) groups excluding carboxylic acids is 1. The first-order chi connectivity index (χ1) is 5.77. The molecule has 1 rings (SSSR count). The van der Waals surface area contributed by atoms with Crippen molar-refractivity contribution in [2.45, 2.75) is 6.61 Å². The normalized spacial score (nSPS) is 9.50. The standard InChI is InChI=1S/C9H9O3/c1-12-9(11)8-4-2-3-7(5-8)6-10/h2-5H,6H2,1H3. The summed E-state index contributed by atoms with van der Waals surface area (Å²) in [7, 11) is 1.31. The van der Waals surface area contributed by atoms with Crippen LogP contribution in [0.2, 0.25) is 0 Å². The van der Waals surface area contributed by atoms with Gasteiger partial charge in [0, 0.05) is 0 Å². The molecular formula is C9H9O3. The second-order valence-corrected chi connectivity index (χ2v) is 2.34. The van der Waals surface area contributed by atoms with Crippen LogP contribution in [0.3, 0.4) is 0 Å². The SMILES string of the molecule is COC(=O)c1cccc(C[O])c1. The molecule has 3 heteroatoms. The molecule has 0 saturated heterocycles. The van der Waals surface area contributed by atoms with Crippen molar-refractivity contribution in [1.82, 2.24) is 0 Å². The van der Waals surface area contributed by atoms with Gasteiger partial charge in [0.1, 0.15) is 6.61 Å². The molecule has 3 nitrogen and oxygen atoms in total. The third kappa shape index (κ3) is 1.83. The second kappa shape index (κ2) is 3.88. The highest BCUT2D eigenvalue weighted by Gasteiger charge is 2.04. The first-order valence-corrected chi connectivity index (χ1v) is 3.53. The fraction of sp³-hybridized carbons (Fsp3) is 0.222. The zero-order valence-electron chi connectivity index (χ0n) is 6.74. The Labute approximate surface area is 70.6 Å². The van der Waals surface area contributed by atoms with Gasteiger partial charge in [-0.05, 0) is 17.7 Å². The lowest BCUT2D eigenvalue weighted by Gasteiger charge is -1.99. The first kappa shape index (κ1) is 8.74. The van der Waals surface area contributed by atoms with E-state index in [4.69, 9.17) is 0 Å². The summed E-state index contributed by atoms with van der Waals surface area (Å²) >= 11 is 0. The van der Waals surface area contributed by atoms with E-state index >= 15 is 0 Å². The maximum Gasteiger partial charge on any atom is 0.337 e. The second-order valence-electron chi connectivity index (χ2n) is 2.34. The van der Waals surface area contributed by atoms with Crippen LogP contribution in [-0.2, 0) is 16.5 Å². The summed E-state index contributed by atoms with van der Waals surface area (Å²) in [6, 6.07) is 6.50. The predicted molar refractivity (Wildman–Crippen MR) is 42.2 cm³/mol. The van der Waals surface area contributed by atoms with Crippen LogP contribution in [0.1, 0.15) is 15.9 Å². The average Bonchev–Trinajstić information content (AvgIpc) is 2.17. The summed E-state index contributed by atoms with van der Waals surface area (Å²) in [6.45, 7) is -0.315. The van der Waals surface area contributed by atoms with Gasteiger partial charge in [-0.25, -0.2) is 9.90 Å². The maximum absolute atomic E-state index is 11.0. The minimum absolute atomic E-state index is 0.315. The molecule has 0 unspecified atom stereocenters. The number of carbonyl (C=O) groups is 1. The topological polar surface area (TPSA) is 46.2 Å². The summed E-state index contributed by atoms with van der Waals surface area (Å²) in [4.78, 5) is 11.0. The summed E-state index contributed by atoms with van der Waals surface area (Å²) < 4.78 is 4.49. The zero-order valence-corrected chi connectivity index (χ0v) is 6.74. The van der Waals surface area contributed by atoms with Gasteiger partial charge in [-0.3, -0.25) is 0 Å². The summed E-state index contributed by atoms with van der Waals surface area (Å²) in [5, 5.41) is 10.4.